The number of hydrogen-bond donors (Lipinski definition) is 3. The lowest BCUT2D eigenvalue weighted by Gasteiger charge is -2.11. The second kappa shape index (κ2) is 12.1. The Morgan fingerprint density at radius 1 is 1.03 bits per heavy atom. The summed E-state index contributed by atoms with van der Waals surface area (Å²) in [5.41, 5.74) is -0.226. The maximum atomic E-state index is 14.5. The van der Waals surface area contributed by atoms with Crippen LogP contribution in [0.2, 0.25) is 0 Å². The second-order valence-corrected chi connectivity index (χ2v) is 7.86. The van der Waals surface area contributed by atoms with E-state index in [-0.39, 0.29) is 35.2 Å². The SMILES string of the molecule is O=C(Cc1ccc(F)cc1)NC(=O)Nc1ccc(Oc2ccnc(C(=O)NC(Cl)CCl)c2)c(F)c1. The summed E-state index contributed by atoms with van der Waals surface area (Å²) in [5.74, 6) is -2.53. The Balaban J connectivity index is 1.58. The number of nitrogens with one attached hydrogen (secondary N) is 3. The largest absolute Gasteiger partial charge is 0.454 e. The van der Waals surface area contributed by atoms with Crippen molar-refractivity contribution in [3.8, 4) is 11.5 Å². The number of aromatic nitrogens is 1. The minimum atomic E-state index is -0.871. The molecule has 2 aromatic carbocycles. The Hall–Kier alpha value is -3.76. The first-order valence-corrected chi connectivity index (χ1v) is 11.0. The van der Waals surface area contributed by atoms with Crippen LogP contribution in [-0.4, -0.2) is 34.2 Å². The first-order chi connectivity index (χ1) is 16.7. The van der Waals surface area contributed by atoms with E-state index in [0.29, 0.717) is 5.56 Å². The van der Waals surface area contributed by atoms with Gasteiger partial charge in [-0.1, -0.05) is 23.7 Å². The van der Waals surface area contributed by atoms with Crippen molar-refractivity contribution in [2.24, 2.45) is 0 Å². The number of carbonyl (C=O) groups is 3. The molecule has 4 amide bonds. The van der Waals surface area contributed by atoms with Gasteiger partial charge in [0.25, 0.3) is 5.91 Å². The highest BCUT2D eigenvalue weighted by Crippen LogP contribution is 2.27. The second-order valence-electron chi connectivity index (χ2n) is 7.02. The van der Waals surface area contributed by atoms with Crippen LogP contribution in [0.4, 0.5) is 19.3 Å². The quantitative estimate of drug-likeness (QED) is 0.296. The third kappa shape index (κ3) is 7.90. The van der Waals surface area contributed by atoms with Crippen molar-refractivity contribution in [3.05, 3.63) is 83.7 Å². The van der Waals surface area contributed by atoms with Gasteiger partial charge < -0.3 is 15.4 Å². The molecule has 1 heterocycles. The topological polar surface area (TPSA) is 109 Å². The molecule has 0 saturated heterocycles. The molecule has 3 rings (SSSR count). The van der Waals surface area contributed by atoms with Crippen molar-refractivity contribution in [2.75, 3.05) is 11.2 Å². The predicted octanol–water partition coefficient (Wildman–Crippen LogP) is 4.58. The molecule has 0 saturated carbocycles. The Labute approximate surface area is 208 Å². The zero-order valence-electron chi connectivity index (χ0n) is 17.9. The number of anilines is 1. The molecule has 35 heavy (non-hydrogen) atoms. The molecule has 0 bridgehead atoms. The monoisotopic (exact) mass is 522 g/mol. The molecule has 0 radical (unpaired) electrons. The van der Waals surface area contributed by atoms with Crippen LogP contribution in [-0.2, 0) is 11.2 Å². The number of carbonyl (C=O) groups excluding carboxylic acids is 3. The molecule has 8 nitrogen and oxygen atoms in total. The van der Waals surface area contributed by atoms with E-state index in [2.05, 4.69) is 20.9 Å². The summed E-state index contributed by atoms with van der Waals surface area (Å²) in [4.78, 5) is 40.0. The van der Waals surface area contributed by atoms with E-state index in [1.54, 1.807) is 0 Å². The van der Waals surface area contributed by atoms with Crippen LogP contribution >= 0.6 is 23.2 Å². The normalized spacial score (nSPS) is 11.3. The molecule has 1 unspecified atom stereocenters. The van der Waals surface area contributed by atoms with Crippen LogP contribution in [0.3, 0.4) is 0 Å². The van der Waals surface area contributed by atoms with E-state index >= 15 is 0 Å². The van der Waals surface area contributed by atoms with Gasteiger partial charge in [0.1, 0.15) is 22.8 Å². The van der Waals surface area contributed by atoms with Crippen LogP contribution in [0.5, 0.6) is 11.5 Å². The van der Waals surface area contributed by atoms with Crippen molar-refractivity contribution in [2.45, 2.75) is 11.9 Å². The van der Waals surface area contributed by atoms with Crippen molar-refractivity contribution in [3.63, 3.8) is 0 Å². The maximum Gasteiger partial charge on any atom is 0.325 e. The summed E-state index contributed by atoms with van der Waals surface area (Å²) in [5, 5.41) is 6.86. The molecule has 1 aromatic heterocycles. The number of pyridine rings is 1. The molecule has 3 aromatic rings. The number of hydrogen-bond acceptors (Lipinski definition) is 5. The fourth-order valence-corrected chi connectivity index (χ4v) is 2.94. The summed E-state index contributed by atoms with van der Waals surface area (Å²) in [7, 11) is 0. The fourth-order valence-electron chi connectivity index (χ4n) is 2.76. The van der Waals surface area contributed by atoms with E-state index < -0.39 is 35.0 Å². The van der Waals surface area contributed by atoms with E-state index in [1.807, 2.05) is 0 Å². The highest BCUT2D eigenvalue weighted by atomic mass is 35.5. The Morgan fingerprint density at radius 2 is 1.77 bits per heavy atom. The third-order valence-electron chi connectivity index (χ3n) is 4.34. The summed E-state index contributed by atoms with van der Waals surface area (Å²) in [6, 6.07) is 10.7. The van der Waals surface area contributed by atoms with Crippen LogP contribution in [0.15, 0.2) is 60.8 Å². The van der Waals surface area contributed by atoms with Crippen molar-refractivity contribution < 1.29 is 27.9 Å². The Bertz CT molecular complexity index is 1230. The molecule has 3 N–H and O–H groups in total. The number of urea groups is 1. The average molecular weight is 523 g/mol. The number of amides is 4. The zero-order chi connectivity index (χ0) is 25.4. The molecular formula is C23H18Cl2F2N4O4. The number of halogens is 4. The molecular weight excluding hydrogens is 505 g/mol. The first kappa shape index (κ1) is 25.9. The Morgan fingerprint density at radius 3 is 2.46 bits per heavy atom. The minimum Gasteiger partial charge on any atom is -0.454 e. The van der Waals surface area contributed by atoms with Crippen LogP contribution < -0.4 is 20.7 Å². The van der Waals surface area contributed by atoms with Gasteiger partial charge in [-0.3, -0.25) is 19.9 Å². The maximum absolute atomic E-state index is 14.5. The number of ether oxygens (including phenoxy) is 1. The van der Waals surface area contributed by atoms with Crippen molar-refractivity contribution in [1.29, 1.82) is 0 Å². The summed E-state index contributed by atoms with van der Waals surface area (Å²) >= 11 is 11.3. The highest BCUT2D eigenvalue weighted by molar-refractivity contribution is 6.28. The molecule has 0 fully saturated rings. The molecule has 0 aliphatic heterocycles. The van der Waals surface area contributed by atoms with Gasteiger partial charge >= 0.3 is 6.03 Å². The van der Waals surface area contributed by atoms with E-state index in [4.69, 9.17) is 27.9 Å². The molecule has 182 valence electrons. The van der Waals surface area contributed by atoms with Crippen molar-refractivity contribution in [1.82, 2.24) is 15.6 Å². The number of rotatable bonds is 8. The fraction of sp³-hybridized carbons (Fsp3) is 0.130. The van der Waals surface area contributed by atoms with Crippen molar-refractivity contribution >= 4 is 46.7 Å². The van der Waals surface area contributed by atoms with Gasteiger partial charge in [-0.15, -0.1) is 11.6 Å². The van der Waals surface area contributed by atoms with Gasteiger partial charge in [0.05, 0.1) is 12.3 Å². The molecule has 1 atom stereocenters. The average Bonchev–Trinajstić information content (AvgIpc) is 2.82. The van der Waals surface area contributed by atoms with Crippen LogP contribution in [0, 0.1) is 11.6 Å². The predicted molar refractivity (Wildman–Crippen MR) is 126 cm³/mol. The van der Waals surface area contributed by atoms with Crippen LogP contribution in [0.25, 0.3) is 0 Å². The number of benzene rings is 2. The van der Waals surface area contributed by atoms with Gasteiger partial charge in [0.15, 0.2) is 11.6 Å². The van der Waals surface area contributed by atoms with E-state index in [9.17, 15) is 23.2 Å². The lowest BCUT2D eigenvalue weighted by Crippen LogP contribution is -2.35. The number of alkyl halides is 2. The molecule has 12 heteroatoms. The van der Waals surface area contributed by atoms with Gasteiger partial charge in [-0.2, -0.15) is 0 Å². The number of imide groups is 1. The lowest BCUT2D eigenvalue weighted by atomic mass is 10.1. The Kier molecular flexibility index (Phi) is 8.93. The van der Waals surface area contributed by atoms with Gasteiger partial charge in [0, 0.05) is 24.0 Å². The van der Waals surface area contributed by atoms with E-state index in [0.717, 1.165) is 6.07 Å². The summed E-state index contributed by atoms with van der Waals surface area (Å²) in [6.45, 7) is 0. The molecule has 0 aliphatic rings. The van der Waals surface area contributed by atoms with Gasteiger partial charge in [0.2, 0.25) is 5.91 Å². The van der Waals surface area contributed by atoms with Crippen LogP contribution in [0.1, 0.15) is 16.1 Å². The van der Waals surface area contributed by atoms with Gasteiger partial charge in [-0.25, -0.2) is 13.6 Å². The zero-order valence-corrected chi connectivity index (χ0v) is 19.4. The summed E-state index contributed by atoms with van der Waals surface area (Å²) in [6.07, 6.45) is 1.16. The highest BCUT2D eigenvalue weighted by Gasteiger charge is 2.15. The van der Waals surface area contributed by atoms with E-state index in [1.165, 1.54) is 54.7 Å². The first-order valence-electron chi connectivity index (χ1n) is 10.0. The molecule has 0 spiro atoms. The number of nitrogens with zero attached hydrogens (tertiary/aromatic N) is 1. The molecule has 0 aliphatic carbocycles. The lowest BCUT2D eigenvalue weighted by molar-refractivity contribution is -0.119. The standard InChI is InChI=1S/C23H18Cl2F2N4O4/c24-12-20(25)30-22(33)18-11-16(7-8-28-18)35-19-6-5-15(10-17(19)27)29-23(34)31-21(32)9-13-1-3-14(26)4-2-13/h1-8,10-11,20H,9,12H2,(H,30,33)(H2,29,31,32,34). The smallest absolute Gasteiger partial charge is 0.325 e. The third-order valence-corrected chi connectivity index (χ3v) is 5.07. The summed E-state index contributed by atoms with van der Waals surface area (Å²) < 4.78 is 32.9. The minimum absolute atomic E-state index is 0.00445. The van der Waals surface area contributed by atoms with Gasteiger partial charge in [-0.05, 0) is 35.9 Å².